The summed E-state index contributed by atoms with van der Waals surface area (Å²) < 4.78 is 31.3. The first kappa shape index (κ1) is 17.5. The van der Waals surface area contributed by atoms with E-state index in [9.17, 15) is 13.6 Å². The molecule has 1 aliphatic heterocycles. The van der Waals surface area contributed by atoms with Crippen LogP contribution in [0.3, 0.4) is 0 Å². The first-order valence-electron chi connectivity index (χ1n) is 9.14. The Bertz CT molecular complexity index is 1280. The van der Waals surface area contributed by atoms with Gasteiger partial charge in [0.25, 0.3) is 5.91 Å². The molecule has 0 unspecified atom stereocenters. The number of hydrogen-bond acceptors (Lipinski definition) is 3. The van der Waals surface area contributed by atoms with Crippen LogP contribution in [-0.4, -0.2) is 25.6 Å². The molecule has 0 aliphatic carbocycles. The minimum Gasteiger partial charge on any atom is -0.328 e. The van der Waals surface area contributed by atoms with Crippen LogP contribution in [0.2, 0.25) is 0 Å². The minimum absolute atomic E-state index is 0.0140. The monoisotopic (exact) mass is 390 g/mol. The van der Waals surface area contributed by atoms with Crippen molar-refractivity contribution in [2.75, 3.05) is 0 Å². The third-order valence-electron chi connectivity index (χ3n) is 5.18. The number of pyridine rings is 1. The zero-order chi connectivity index (χ0) is 20.1. The van der Waals surface area contributed by atoms with Crippen molar-refractivity contribution in [3.05, 3.63) is 83.3 Å². The Morgan fingerprint density at radius 2 is 1.93 bits per heavy atom. The SMILES string of the molecule is Cn1cc2cc(-c3cc(F)c(CN4Cc5ncccc5C4=O)cc3F)ccc2n1. The lowest BCUT2D eigenvalue weighted by molar-refractivity contribution is 0.0764. The van der Waals surface area contributed by atoms with Crippen LogP contribution in [0.5, 0.6) is 0 Å². The highest BCUT2D eigenvalue weighted by molar-refractivity contribution is 5.97. The summed E-state index contributed by atoms with van der Waals surface area (Å²) >= 11 is 0. The fourth-order valence-electron chi connectivity index (χ4n) is 3.76. The predicted molar refractivity (Wildman–Crippen MR) is 104 cm³/mol. The Balaban J connectivity index is 1.46. The number of carbonyl (C=O) groups is 1. The van der Waals surface area contributed by atoms with E-state index >= 15 is 0 Å². The lowest BCUT2D eigenvalue weighted by atomic mass is 10.0. The summed E-state index contributed by atoms with van der Waals surface area (Å²) in [6, 6.07) is 11.0. The molecule has 0 radical (unpaired) electrons. The van der Waals surface area contributed by atoms with Crippen molar-refractivity contribution in [2.45, 2.75) is 13.1 Å². The van der Waals surface area contributed by atoms with Gasteiger partial charge in [0, 0.05) is 42.5 Å². The number of hydrogen-bond donors (Lipinski definition) is 0. The van der Waals surface area contributed by atoms with Gasteiger partial charge in [0.05, 0.1) is 23.3 Å². The Morgan fingerprint density at radius 3 is 2.76 bits per heavy atom. The van der Waals surface area contributed by atoms with Gasteiger partial charge in [-0.15, -0.1) is 0 Å². The molecule has 29 heavy (non-hydrogen) atoms. The summed E-state index contributed by atoms with van der Waals surface area (Å²) in [4.78, 5) is 18.1. The maximum Gasteiger partial charge on any atom is 0.256 e. The van der Waals surface area contributed by atoms with Gasteiger partial charge in [0.15, 0.2) is 0 Å². The highest BCUT2D eigenvalue weighted by atomic mass is 19.1. The molecule has 0 bridgehead atoms. The van der Waals surface area contributed by atoms with E-state index in [1.54, 1.807) is 41.2 Å². The number of aryl methyl sites for hydroxylation is 1. The third-order valence-corrected chi connectivity index (χ3v) is 5.18. The summed E-state index contributed by atoms with van der Waals surface area (Å²) in [5.41, 5.74) is 2.83. The van der Waals surface area contributed by atoms with Crippen LogP contribution in [0.25, 0.3) is 22.0 Å². The van der Waals surface area contributed by atoms with Crippen molar-refractivity contribution < 1.29 is 13.6 Å². The van der Waals surface area contributed by atoms with E-state index in [-0.39, 0.29) is 30.1 Å². The molecule has 5 nitrogen and oxygen atoms in total. The second-order valence-electron chi connectivity index (χ2n) is 7.16. The van der Waals surface area contributed by atoms with Crippen molar-refractivity contribution in [3.63, 3.8) is 0 Å². The van der Waals surface area contributed by atoms with Gasteiger partial charge in [-0.2, -0.15) is 5.10 Å². The molecular weight excluding hydrogens is 374 g/mol. The minimum atomic E-state index is -0.551. The smallest absolute Gasteiger partial charge is 0.256 e. The molecule has 5 rings (SSSR count). The molecule has 0 N–H and O–H groups in total. The Labute approximate surface area is 165 Å². The first-order chi connectivity index (χ1) is 14.0. The second-order valence-corrected chi connectivity index (χ2v) is 7.16. The average Bonchev–Trinajstić information content (AvgIpc) is 3.23. The van der Waals surface area contributed by atoms with Crippen LogP contribution in [-0.2, 0) is 20.1 Å². The van der Waals surface area contributed by atoms with Crippen molar-refractivity contribution in [1.82, 2.24) is 19.7 Å². The molecule has 0 saturated heterocycles. The second kappa shape index (κ2) is 6.48. The quantitative estimate of drug-likeness (QED) is 0.530. The number of nitrogens with zero attached hydrogens (tertiary/aromatic N) is 4. The molecule has 2 aromatic heterocycles. The van der Waals surface area contributed by atoms with Crippen LogP contribution in [0.4, 0.5) is 8.78 Å². The average molecular weight is 390 g/mol. The van der Waals surface area contributed by atoms with Crippen molar-refractivity contribution in [2.24, 2.45) is 7.05 Å². The van der Waals surface area contributed by atoms with Gasteiger partial charge in [-0.05, 0) is 42.0 Å². The Hall–Kier alpha value is -3.61. The van der Waals surface area contributed by atoms with E-state index in [0.29, 0.717) is 16.8 Å². The summed E-state index contributed by atoms with van der Waals surface area (Å²) in [5.74, 6) is -1.31. The maximum absolute atomic E-state index is 14.9. The maximum atomic E-state index is 14.9. The molecule has 2 aromatic carbocycles. The van der Waals surface area contributed by atoms with Crippen LogP contribution in [0.1, 0.15) is 21.6 Å². The van der Waals surface area contributed by atoms with E-state index in [4.69, 9.17) is 0 Å². The molecule has 0 atom stereocenters. The molecule has 0 fully saturated rings. The van der Waals surface area contributed by atoms with E-state index in [0.717, 1.165) is 10.9 Å². The lowest BCUT2D eigenvalue weighted by Crippen LogP contribution is -2.24. The molecule has 4 aromatic rings. The Morgan fingerprint density at radius 1 is 1.07 bits per heavy atom. The molecule has 1 aliphatic rings. The van der Waals surface area contributed by atoms with Gasteiger partial charge in [-0.25, -0.2) is 8.78 Å². The summed E-state index contributed by atoms with van der Waals surface area (Å²) in [6.07, 6.45) is 3.44. The topological polar surface area (TPSA) is 51.0 Å². The predicted octanol–water partition coefficient (Wildman–Crippen LogP) is 4.07. The van der Waals surface area contributed by atoms with E-state index in [2.05, 4.69) is 10.1 Å². The molecular formula is C22H16F2N4O. The molecule has 144 valence electrons. The van der Waals surface area contributed by atoms with Gasteiger partial charge in [0.1, 0.15) is 11.6 Å². The lowest BCUT2D eigenvalue weighted by Gasteiger charge is -2.17. The van der Waals surface area contributed by atoms with Gasteiger partial charge in [0.2, 0.25) is 0 Å². The van der Waals surface area contributed by atoms with E-state index in [1.165, 1.54) is 17.0 Å². The van der Waals surface area contributed by atoms with Gasteiger partial charge in [-0.1, -0.05) is 6.07 Å². The molecule has 0 saturated carbocycles. The van der Waals surface area contributed by atoms with Crippen molar-refractivity contribution in [3.8, 4) is 11.1 Å². The van der Waals surface area contributed by atoms with Crippen LogP contribution in [0, 0.1) is 11.6 Å². The summed E-state index contributed by atoms with van der Waals surface area (Å²) in [5, 5.41) is 5.14. The zero-order valence-corrected chi connectivity index (χ0v) is 15.6. The normalized spacial score (nSPS) is 13.3. The first-order valence-corrected chi connectivity index (χ1v) is 9.14. The molecule has 1 amide bonds. The van der Waals surface area contributed by atoms with Crippen LogP contribution in [0.15, 0.2) is 54.9 Å². The highest BCUT2D eigenvalue weighted by Gasteiger charge is 2.29. The number of amides is 1. The van der Waals surface area contributed by atoms with E-state index < -0.39 is 11.6 Å². The van der Waals surface area contributed by atoms with Crippen LogP contribution >= 0.6 is 0 Å². The van der Waals surface area contributed by atoms with Gasteiger partial charge < -0.3 is 4.90 Å². The van der Waals surface area contributed by atoms with E-state index in [1.807, 2.05) is 13.2 Å². The molecule has 0 spiro atoms. The molecule has 7 heteroatoms. The zero-order valence-electron chi connectivity index (χ0n) is 15.6. The Kier molecular flexibility index (Phi) is 3.91. The summed E-state index contributed by atoms with van der Waals surface area (Å²) in [6.45, 7) is 0.273. The standard InChI is InChI=1S/C22H16F2N4O/c1-27-10-15-7-13(4-5-20(15)26-27)17-9-18(23)14(8-19(17)24)11-28-12-21-16(22(28)29)3-2-6-25-21/h2-10H,11-12H2,1H3. The number of carbonyl (C=O) groups excluding carboxylic acids is 1. The van der Waals surface area contributed by atoms with Crippen molar-refractivity contribution >= 4 is 16.8 Å². The number of aromatic nitrogens is 3. The number of halogens is 2. The van der Waals surface area contributed by atoms with Gasteiger partial charge in [-0.3, -0.25) is 14.5 Å². The highest BCUT2D eigenvalue weighted by Crippen LogP contribution is 2.30. The summed E-state index contributed by atoms with van der Waals surface area (Å²) in [7, 11) is 1.81. The van der Waals surface area contributed by atoms with Gasteiger partial charge >= 0.3 is 0 Å². The third kappa shape index (κ3) is 2.95. The number of benzene rings is 2. The largest absolute Gasteiger partial charge is 0.328 e. The fraction of sp³-hybridized carbons (Fsp3) is 0.136. The fourth-order valence-corrected chi connectivity index (χ4v) is 3.76. The number of fused-ring (bicyclic) bond motifs is 2. The molecule has 3 heterocycles. The van der Waals surface area contributed by atoms with Crippen molar-refractivity contribution in [1.29, 1.82) is 0 Å². The number of rotatable bonds is 3. The van der Waals surface area contributed by atoms with Crippen LogP contribution < -0.4 is 0 Å².